The van der Waals surface area contributed by atoms with Crippen molar-refractivity contribution in [2.45, 2.75) is 25.5 Å². The molecule has 122 valence electrons. The average Bonchev–Trinajstić information content (AvgIpc) is 2.51. The lowest BCUT2D eigenvalue weighted by molar-refractivity contribution is -0.145. The predicted octanol–water partition coefficient (Wildman–Crippen LogP) is 3.11. The summed E-state index contributed by atoms with van der Waals surface area (Å²) in [4.78, 5) is 11.7. The van der Waals surface area contributed by atoms with Crippen LogP contribution in [0.1, 0.15) is 17.5 Å². The zero-order chi connectivity index (χ0) is 16.8. The summed E-state index contributed by atoms with van der Waals surface area (Å²) >= 11 is 0. The van der Waals surface area contributed by atoms with Crippen molar-refractivity contribution in [3.05, 3.63) is 71.0 Å². The van der Waals surface area contributed by atoms with Gasteiger partial charge < -0.3 is 10.5 Å². The zero-order valence-corrected chi connectivity index (χ0v) is 12.3. The fraction of sp³-hybridized carbons (Fsp3) is 0.235. The molecule has 0 radical (unpaired) electrons. The lowest BCUT2D eigenvalue weighted by atomic mass is 10.0. The van der Waals surface area contributed by atoms with Gasteiger partial charge in [-0.05, 0) is 23.6 Å². The van der Waals surface area contributed by atoms with Gasteiger partial charge in [-0.15, -0.1) is 0 Å². The summed E-state index contributed by atoms with van der Waals surface area (Å²) in [5.41, 5.74) is 6.51. The van der Waals surface area contributed by atoms with E-state index in [9.17, 15) is 18.0 Å². The standard InChI is InChI=1S/C17H16F3NO2/c18-14-9-16(20)15(19)7-12(14)6-13(21)8-17(22)23-10-11-4-2-1-3-5-11/h1-5,7,9,13H,6,8,10,21H2. The van der Waals surface area contributed by atoms with E-state index in [4.69, 9.17) is 10.5 Å². The van der Waals surface area contributed by atoms with E-state index in [2.05, 4.69) is 0 Å². The average molecular weight is 323 g/mol. The van der Waals surface area contributed by atoms with E-state index < -0.39 is 29.5 Å². The molecular formula is C17H16F3NO2. The first-order chi connectivity index (χ1) is 11.0. The second-order valence-electron chi connectivity index (χ2n) is 5.17. The quantitative estimate of drug-likeness (QED) is 0.656. The van der Waals surface area contributed by atoms with Gasteiger partial charge in [0.2, 0.25) is 0 Å². The predicted molar refractivity (Wildman–Crippen MR) is 78.9 cm³/mol. The molecule has 6 heteroatoms. The van der Waals surface area contributed by atoms with E-state index in [-0.39, 0.29) is 25.0 Å². The fourth-order valence-electron chi connectivity index (χ4n) is 2.09. The third-order valence-electron chi connectivity index (χ3n) is 3.24. The minimum atomic E-state index is -1.26. The van der Waals surface area contributed by atoms with Crippen molar-refractivity contribution in [1.29, 1.82) is 0 Å². The van der Waals surface area contributed by atoms with Crippen molar-refractivity contribution in [3.8, 4) is 0 Å². The number of rotatable bonds is 6. The van der Waals surface area contributed by atoms with Gasteiger partial charge in [-0.1, -0.05) is 30.3 Å². The Morgan fingerprint density at radius 3 is 2.39 bits per heavy atom. The molecule has 2 N–H and O–H groups in total. The number of nitrogens with two attached hydrogens (primary N) is 1. The van der Waals surface area contributed by atoms with Crippen LogP contribution in [0.15, 0.2) is 42.5 Å². The van der Waals surface area contributed by atoms with Crippen LogP contribution in [-0.2, 0) is 22.6 Å². The van der Waals surface area contributed by atoms with E-state index >= 15 is 0 Å². The van der Waals surface area contributed by atoms with Gasteiger partial charge in [-0.2, -0.15) is 0 Å². The van der Waals surface area contributed by atoms with Crippen LogP contribution >= 0.6 is 0 Å². The highest BCUT2D eigenvalue weighted by molar-refractivity contribution is 5.70. The summed E-state index contributed by atoms with van der Waals surface area (Å²) < 4.78 is 44.5. The van der Waals surface area contributed by atoms with Crippen LogP contribution in [0.25, 0.3) is 0 Å². The second kappa shape index (κ2) is 7.78. The summed E-state index contributed by atoms with van der Waals surface area (Å²) in [6.07, 6.45) is -0.241. The molecule has 0 aromatic heterocycles. The Kier molecular flexibility index (Phi) is 5.76. The van der Waals surface area contributed by atoms with Gasteiger partial charge in [0.15, 0.2) is 11.6 Å². The highest BCUT2D eigenvalue weighted by Gasteiger charge is 2.16. The SMILES string of the molecule is NC(CC(=O)OCc1ccccc1)Cc1cc(F)c(F)cc1F. The van der Waals surface area contributed by atoms with E-state index in [0.717, 1.165) is 11.6 Å². The highest BCUT2D eigenvalue weighted by Crippen LogP contribution is 2.16. The maximum absolute atomic E-state index is 13.5. The minimum Gasteiger partial charge on any atom is -0.461 e. The van der Waals surface area contributed by atoms with Crippen LogP contribution in [0.2, 0.25) is 0 Å². The number of hydrogen-bond acceptors (Lipinski definition) is 3. The third-order valence-corrected chi connectivity index (χ3v) is 3.24. The Hall–Kier alpha value is -2.34. The van der Waals surface area contributed by atoms with Crippen LogP contribution in [0.3, 0.4) is 0 Å². The van der Waals surface area contributed by atoms with E-state index in [1.165, 1.54) is 0 Å². The van der Waals surface area contributed by atoms with Gasteiger partial charge >= 0.3 is 5.97 Å². The number of hydrogen-bond donors (Lipinski definition) is 1. The molecule has 1 atom stereocenters. The molecule has 1 unspecified atom stereocenters. The molecule has 0 amide bonds. The molecule has 0 fully saturated rings. The van der Waals surface area contributed by atoms with Gasteiger partial charge in [-0.3, -0.25) is 4.79 Å². The first-order valence-electron chi connectivity index (χ1n) is 7.04. The van der Waals surface area contributed by atoms with Gasteiger partial charge in [0.05, 0.1) is 6.42 Å². The van der Waals surface area contributed by atoms with Crippen LogP contribution in [0.4, 0.5) is 13.2 Å². The smallest absolute Gasteiger partial charge is 0.307 e. The van der Waals surface area contributed by atoms with Crippen LogP contribution in [0.5, 0.6) is 0 Å². The van der Waals surface area contributed by atoms with Crippen LogP contribution < -0.4 is 5.73 Å². The summed E-state index contributed by atoms with van der Waals surface area (Å²) in [5, 5.41) is 0. The van der Waals surface area contributed by atoms with E-state index in [1.807, 2.05) is 30.3 Å². The Labute approximate surface area is 131 Å². The number of benzene rings is 2. The molecule has 0 spiro atoms. The Morgan fingerprint density at radius 1 is 1.04 bits per heavy atom. The maximum atomic E-state index is 13.5. The highest BCUT2D eigenvalue weighted by atomic mass is 19.2. The molecule has 0 aliphatic heterocycles. The summed E-state index contributed by atoms with van der Waals surface area (Å²) in [6.45, 7) is 0.117. The third kappa shape index (κ3) is 5.10. The van der Waals surface area contributed by atoms with Crippen molar-refractivity contribution >= 4 is 5.97 Å². The number of halogens is 3. The molecule has 0 aliphatic carbocycles. The summed E-state index contributed by atoms with van der Waals surface area (Å²) in [7, 11) is 0. The van der Waals surface area contributed by atoms with Crippen molar-refractivity contribution in [2.75, 3.05) is 0 Å². The monoisotopic (exact) mass is 323 g/mol. The minimum absolute atomic E-state index is 0.0766. The molecule has 2 rings (SSSR count). The second-order valence-corrected chi connectivity index (χ2v) is 5.17. The Bertz CT molecular complexity index is 677. The van der Waals surface area contributed by atoms with Gasteiger partial charge in [-0.25, -0.2) is 13.2 Å². The Balaban J connectivity index is 1.85. The molecule has 2 aromatic carbocycles. The van der Waals surface area contributed by atoms with Crippen LogP contribution in [-0.4, -0.2) is 12.0 Å². The van der Waals surface area contributed by atoms with Crippen molar-refractivity contribution in [3.63, 3.8) is 0 Å². The molecule has 3 nitrogen and oxygen atoms in total. The molecule has 0 saturated carbocycles. The Morgan fingerprint density at radius 2 is 1.70 bits per heavy atom. The normalized spacial score (nSPS) is 12.0. The summed E-state index contributed by atoms with van der Waals surface area (Å²) in [5.74, 6) is -3.84. The van der Waals surface area contributed by atoms with Crippen molar-refractivity contribution in [2.24, 2.45) is 5.73 Å². The van der Waals surface area contributed by atoms with E-state index in [0.29, 0.717) is 6.07 Å². The van der Waals surface area contributed by atoms with Gasteiger partial charge in [0, 0.05) is 12.1 Å². The maximum Gasteiger partial charge on any atom is 0.307 e. The first-order valence-corrected chi connectivity index (χ1v) is 7.04. The topological polar surface area (TPSA) is 52.3 Å². The molecule has 0 bridgehead atoms. The van der Waals surface area contributed by atoms with Gasteiger partial charge in [0.1, 0.15) is 12.4 Å². The first kappa shape index (κ1) is 17.0. The van der Waals surface area contributed by atoms with Crippen LogP contribution in [0, 0.1) is 17.5 Å². The molecule has 23 heavy (non-hydrogen) atoms. The molecule has 2 aromatic rings. The molecular weight excluding hydrogens is 307 g/mol. The number of ether oxygens (including phenoxy) is 1. The van der Waals surface area contributed by atoms with E-state index in [1.54, 1.807) is 0 Å². The summed E-state index contributed by atoms with van der Waals surface area (Å²) in [6, 6.07) is 9.57. The number of carbonyl (C=O) groups is 1. The largest absolute Gasteiger partial charge is 0.461 e. The number of esters is 1. The fourth-order valence-corrected chi connectivity index (χ4v) is 2.09. The zero-order valence-electron chi connectivity index (χ0n) is 12.3. The molecule has 0 aliphatic rings. The number of carbonyl (C=O) groups excluding carboxylic acids is 1. The molecule has 0 heterocycles. The van der Waals surface area contributed by atoms with Crippen molar-refractivity contribution < 1.29 is 22.7 Å². The lowest BCUT2D eigenvalue weighted by Crippen LogP contribution is -2.27. The molecule has 0 saturated heterocycles. The van der Waals surface area contributed by atoms with Gasteiger partial charge in [0.25, 0.3) is 0 Å². The van der Waals surface area contributed by atoms with Crippen molar-refractivity contribution in [1.82, 2.24) is 0 Å². The lowest BCUT2D eigenvalue weighted by Gasteiger charge is -2.12.